The van der Waals surface area contributed by atoms with Crippen LogP contribution in [-0.4, -0.2) is 46.2 Å². The molecule has 1 aromatic heterocycles. The van der Waals surface area contributed by atoms with Gasteiger partial charge in [-0.05, 0) is 38.3 Å². The molecular formula is C16H20N4O. The molecule has 0 radical (unpaired) electrons. The Labute approximate surface area is 123 Å². The van der Waals surface area contributed by atoms with E-state index < -0.39 is 0 Å². The number of amides is 1. The van der Waals surface area contributed by atoms with Crippen molar-refractivity contribution in [3.8, 4) is 0 Å². The summed E-state index contributed by atoms with van der Waals surface area (Å²) < 4.78 is 0. The molecule has 3 heterocycles. The Morgan fingerprint density at radius 1 is 1.29 bits per heavy atom. The van der Waals surface area contributed by atoms with E-state index in [4.69, 9.17) is 0 Å². The van der Waals surface area contributed by atoms with E-state index in [1.54, 1.807) is 0 Å². The molecule has 110 valence electrons. The van der Waals surface area contributed by atoms with Gasteiger partial charge in [-0.3, -0.25) is 14.8 Å². The molecule has 0 spiro atoms. The number of rotatable bonds is 2. The lowest BCUT2D eigenvalue weighted by molar-refractivity contribution is 0.0886. The summed E-state index contributed by atoms with van der Waals surface area (Å²) in [5.74, 6) is -0.0601. The minimum absolute atomic E-state index is 0.0601. The van der Waals surface area contributed by atoms with Crippen molar-refractivity contribution >= 4 is 16.8 Å². The molecule has 5 heteroatoms. The number of fused-ring (bicyclic) bond motifs is 2. The molecule has 21 heavy (non-hydrogen) atoms. The van der Waals surface area contributed by atoms with Crippen molar-refractivity contribution in [3.05, 3.63) is 30.0 Å². The predicted octanol–water partition coefficient (Wildman–Crippen LogP) is 1.92. The maximum absolute atomic E-state index is 12.5. The van der Waals surface area contributed by atoms with Crippen LogP contribution in [0.1, 0.15) is 36.2 Å². The van der Waals surface area contributed by atoms with Gasteiger partial charge < -0.3 is 5.32 Å². The van der Waals surface area contributed by atoms with Crippen LogP contribution < -0.4 is 5.32 Å². The number of piperidine rings is 1. The molecule has 2 aliphatic heterocycles. The average Bonchev–Trinajstić information content (AvgIpc) is 3.13. The fourth-order valence-electron chi connectivity index (χ4n) is 3.74. The lowest BCUT2D eigenvalue weighted by Gasteiger charge is -2.35. The van der Waals surface area contributed by atoms with Crippen molar-refractivity contribution in [2.75, 3.05) is 13.1 Å². The van der Waals surface area contributed by atoms with Crippen molar-refractivity contribution in [1.29, 1.82) is 0 Å². The molecule has 2 atom stereocenters. The quantitative estimate of drug-likeness (QED) is 0.885. The zero-order valence-corrected chi connectivity index (χ0v) is 12.0. The molecule has 0 saturated carbocycles. The van der Waals surface area contributed by atoms with Crippen LogP contribution in [0.2, 0.25) is 0 Å². The third kappa shape index (κ3) is 2.31. The van der Waals surface area contributed by atoms with Gasteiger partial charge in [0.05, 0.1) is 5.52 Å². The Kier molecular flexibility index (Phi) is 3.15. The highest BCUT2D eigenvalue weighted by Gasteiger charge is 2.32. The Morgan fingerprint density at radius 2 is 2.19 bits per heavy atom. The molecular weight excluding hydrogens is 264 g/mol. The van der Waals surface area contributed by atoms with Gasteiger partial charge in [0.15, 0.2) is 5.69 Å². The lowest BCUT2D eigenvalue weighted by Crippen LogP contribution is -2.49. The minimum atomic E-state index is -0.0601. The molecule has 2 fully saturated rings. The molecule has 2 saturated heterocycles. The van der Waals surface area contributed by atoms with Crippen LogP contribution in [0.3, 0.4) is 0 Å². The molecule has 4 rings (SSSR count). The Balaban J connectivity index is 1.48. The first-order chi connectivity index (χ1) is 10.3. The smallest absolute Gasteiger partial charge is 0.272 e. The van der Waals surface area contributed by atoms with Gasteiger partial charge in [-0.25, -0.2) is 0 Å². The molecule has 1 amide bonds. The van der Waals surface area contributed by atoms with Crippen molar-refractivity contribution in [2.45, 2.75) is 37.8 Å². The highest BCUT2D eigenvalue weighted by molar-refractivity contribution is 6.04. The monoisotopic (exact) mass is 284 g/mol. The summed E-state index contributed by atoms with van der Waals surface area (Å²) >= 11 is 0. The van der Waals surface area contributed by atoms with E-state index in [1.807, 2.05) is 24.3 Å². The lowest BCUT2D eigenvalue weighted by atomic mass is 9.99. The molecule has 2 aliphatic rings. The van der Waals surface area contributed by atoms with Crippen LogP contribution in [0.5, 0.6) is 0 Å². The number of nitrogens with zero attached hydrogens (tertiary/aromatic N) is 2. The predicted molar refractivity (Wildman–Crippen MR) is 81.2 cm³/mol. The van der Waals surface area contributed by atoms with Gasteiger partial charge in [-0.15, -0.1) is 0 Å². The topological polar surface area (TPSA) is 61.0 Å². The summed E-state index contributed by atoms with van der Waals surface area (Å²) in [4.78, 5) is 15.0. The average molecular weight is 284 g/mol. The first kappa shape index (κ1) is 12.8. The number of benzene rings is 1. The highest BCUT2D eigenvalue weighted by Crippen LogP contribution is 2.27. The zero-order chi connectivity index (χ0) is 14.2. The van der Waals surface area contributed by atoms with E-state index in [-0.39, 0.29) is 11.9 Å². The second-order valence-corrected chi connectivity index (χ2v) is 6.16. The molecule has 2 N–H and O–H groups in total. The van der Waals surface area contributed by atoms with Gasteiger partial charge in [-0.2, -0.15) is 5.10 Å². The van der Waals surface area contributed by atoms with Crippen LogP contribution in [0, 0.1) is 0 Å². The van der Waals surface area contributed by atoms with Crippen molar-refractivity contribution < 1.29 is 4.79 Å². The van der Waals surface area contributed by atoms with Crippen LogP contribution in [0.4, 0.5) is 0 Å². The standard InChI is InChI=1S/C16H20N4O/c21-16(15-13-5-1-2-6-14(13)18-19-15)17-11-7-8-12-4-3-9-20(12)10-11/h1-2,5-6,11-12H,3-4,7-10H2,(H,17,21)(H,18,19)/t11-,12?/m0/s1. The number of nitrogens with one attached hydrogen (secondary N) is 2. The fraction of sp³-hybridized carbons (Fsp3) is 0.500. The van der Waals surface area contributed by atoms with Crippen molar-refractivity contribution in [1.82, 2.24) is 20.4 Å². The molecule has 0 bridgehead atoms. The largest absolute Gasteiger partial charge is 0.347 e. The maximum atomic E-state index is 12.5. The Morgan fingerprint density at radius 3 is 3.14 bits per heavy atom. The van der Waals surface area contributed by atoms with E-state index in [9.17, 15) is 4.79 Å². The number of carbonyl (C=O) groups is 1. The van der Waals surface area contributed by atoms with Crippen LogP contribution in [0.25, 0.3) is 10.9 Å². The maximum Gasteiger partial charge on any atom is 0.272 e. The summed E-state index contributed by atoms with van der Waals surface area (Å²) in [6.45, 7) is 2.17. The van der Waals surface area contributed by atoms with E-state index in [1.165, 1.54) is 25.8 Å². The second kappa shape index (κ2) is 5.15. The van der Waals surface area contributed by atoms with Gasteiger partial charge in [0, 0.05) is 24.0 Å². The number of carbonyl (C=O) groups excluding carboxylic acids is 1. The van der Waals surface area contributed by atoms with Gasteiger partial charge in [0.25, 0.3) is 5.91 Å². The zero-order valence-electron chi connectivity index (χ0n) is 12.0. The van der Waals surface area contributed by atoms with Crippen LogP contribution in [-0.2, 0) is 0 Å². The number of hydrogen-bond acceptors (Lipinski definition) is 3. The third-order valence-electron chi connectivity index (χ3n) is 4.82. The minimum Gasteiger partial charge on any atom is -0.347 e. The van der Waals surface area contributed by atoms with Crippen molar-refractivity contribution in [3.63, 3.8) is 0 Å². The first-order valence-electron chi connectivity index (χ1n) is 7.79. The van der Waals surface area contributed by atoms with Gasteiger partial charge >= 0.3 is 0 Å². The number of H-pyrrole nitrogens is 1. The SMILES string of the molecule is O=C(N[C@H]1CCC2CCCN2C1)c1n[nH]c2ccccc12. The van der Waals surface area contributed by atoms with Crippen LogP contribution >= 0.6 is 0 Å². The second-order valence-electron chi connectivity index (χ2n) is 6.16. The van der Waals surface area contributed by atoms with Gasteiger partial charge in [0.2, 0.25) is 0 Å². The van der Waals surface area contributed by atoms with E-state index in [2.05, 4.69) is 20.4 Å². The first-order valence-corrected chi connectivity index (χ1v) is 7.79. The summed E-state index contributed by atoms with van der Waals surface area (Å²) in [6, 6.07) is 8.76. The third-order valence-corrected chi connectivity index (χ3v) is 4.82. The molecule has 5 nitrogen and oxygen atoms in total. The fourth-order valence-corrected chi connectivity index (χ4v) is 3.74. The van der Waals surface area contributed by atoms with Gasteiger partial charge in [0.1, 0.15) is 0 Å². The van der Waals surface area contributed by atoms with Gasteiger partial charge in [-0.1, -0.05) is 18.2 Å². The number of hydrogen-bond donors (Lipinski definition) is 2. The number of para-hydroxylation sites is 1. The van der Waals surface area contributed by atoms with E-state index in [0.717, 1.165) is 29.9 Å². The number of aromatic nitrogens is 2. The number of aromatic amines is 1. The summed E-state index contributed by atoms with van der Waals surface area (Å²) in [7, 11) is 0. The Bertz CT molecular complexity index is 665. The van der Waals surface area contributed by atoms with E-state index >= 15 is 0 Å². The van der Waals surface area contributed by atoms with Crippen molar-refractivity contribution in [2.24, 2.45) is 0 Å². The van der Waals surface area contributed by atoms with E-state index in [0.29, 0.717) is 5.69 Å². The summed E-state index contributed by atoms with van der Waals surface area (Å²) in [5, 5.41) is 11.2. The molecule has 0 aliphatic carbocycles. The summed E-state index contributed by atoms with van der Waals surface area (Å²) in [5.41, 5.74) is 1.42. The highest BCUT2D eigenvalue weighted by atomic mass is 16.2. The Hall–Kier alpha value is -1.88. The molecule has 1 unspecified atom stereocenters. The molecule has 1 aromatic carbocycles. The van der Waals surface area contributed by atoms with Crippen LogP contribution in [0.15, 0.2) is 24.3 Å². The normalized spacial score (nSPS) is 25.9. The summed E-state index contributed by atoms with van der Waals surface area (Å²) in [6.07, 6.45) is 4.90. The molecule has 2 aromatic rings.